The van der Waals surface area contributed by atoms with Crippen molar-refractivity contribution in [1.29, 1.82) is 0 Å². The normalized spacial score (nSPS) is 12.9. The smallest absolute Gasteiger partial charge is 0.306 e. The first-order valence-corrected chi connectivity index (χ1v) is 28.9. The average molecular weight is 972 g/mol. The molecule has 6 nitrogen and oxygen atoms in total. The van der Waals surface area contributed by atoms with Gasteiger partial charge >= 0.3 is 17.9 Å². The number of ether oxygens (including phenoxy) is 3. The first-order valence-electron chi connectivity index (χ1n) is 28.9. The van der Waals surface area contributed by atoms with Gasteiger partial charge in [0, 0.05) is 19.3 Å². The van der Waals surface area contributed by atoms with Crippen LogP contribution in [0.15, 0.2) is 109 Å². The van der Waals surface area contributed by atoms with Crippen LogP contribution in [0.2, 0.25) is 0 Å². The van der Waals surface area contributed by atoms with Gasteiger partial charge in [0.05, 0.1) is 0 Å². The van der Waals surface area contributed by atoms with Crippen LogP contribution in [0.25, 0.3) is 0 Å². The van der Waals surface area contributed by atoms with Crippen molar-refractivity contribution in [3.63, 3.8) is 0 Å². The van der Waals surface area contributed by atoms with Gasteiger partial charge in [-0.25, -0.2) is 0 Å². The standard InChI is InChI=1S/C64H106O6/c1-4-7-10-13-16-18-20-22-24-25-26-27-28-29-30-31-32-33-34-35-36-37-38-39-41-42-44-46-48-51-54-57-63(66)69-60-61(59-68-62(65)56-53-50-15-12-9-6-3)70-64(67)58-55-52-49-47-45-43-40-23-21-19-17-14-11-8-5-2/h7-8,10-11,16-19,22-24,26-27,29-30,32-33,40,61H,4-6,9,12-15,20-21,25,28,31,34-39,41-60H2,1-3H3/b10-7-,11-8-,18-16-,19-17-,24-22-,27-26-,30-29-,33-32-,40-23-. The lowest BCUT2D eigenvalue weighted by Crippen LogP contribution is -2.30. The molecule has 0 aliphatic carbocycles. The van der Waals surface area contributed by atoms with Crippen molar-refractivity contribution in [2.24, 2.45) is 0 Å². The van der Waals surface area contributed by atoms with E-state index < -0.39 is 6.10 Å². The summed E-state index contributed by atoms with van der Waals surface area (Å²) < 4.78 is 16.7. The molecule has 0 aliphatic rings. The van der Waals surface area contributed by atoms with E-state index >= 15 is 0 Å². The monoisotopic (exact) mass is 971 g/mol. The summed E-state index contributed by atoms with van der Waals surface area (Å²) in [4.78, 5) is 37.8. The molecule has 0 amide bonds. The minimum absolute atomic E-state index is 0.0853. The van der Waals surface area contributed by atoms with Crippen LogP contribution in [0, 0.1) is 0 Å². The van der Waals surface area contributed by atoms with Gasteiger partial charge < -0.3 is 14.2 Å². The number of unbranched alkanes of at least 4 members (excludes halogenated alkanes) is 22. The van der Waals surface area contributed by atoms with E-state index in [1.807, 2.05) is 0 Å². The molecule has 0 saturated carbocycles. The fraction of sp³-hybridized carbons (Fsp3) is 0.672. The fourth-order valence-corrected chi connectivity index (χ4v) is 7.75. The molecular weight excluding hydrogens is 865 g/mol. The second-order valence-electron chi connectivity index (χ2n) is 18.8. The largest absolute Gasteiger partial charge is 0.462 e. The van der Waals surface area contributed by atoms with Gasteiger partial charge in [-0.05, 0) is 103 Å². The number of allylic oxidation sites excluding steroid dienone is 18. The maximum Gasteiger partial charge on any atom is 0.306 e. The van der Waals surface area contributed by atoms with E-state index in [0.717, 1.165) is 135 Å². The molecular formula is C64H106O6. The van der Waals surface area contributed by atoms with Gasteiger partial charge in [0.15, 0.2) is 6.10 Å². The van der Waals surface area contributed by atoms with E-state index in [2.05, 4.69) is 130 Å². The minimum Gasteiger partial charge on any atom is -0.462 e. The zero-order chi connectivity index (χ0) is 50.7. The lowest BCUT2D eigenvalue weighted by atomic mass is 10.0. The van der Waals surface area contributed by atoms with Gasteiger partial charge in [0.2, 0.25) is 0 Å². The molecule has 6 heteroatoms. The van der Waals surface area contributed by atoms with Crippen LogP contribution in [0.3, 0.4) is 0 Å². The van der Waals surface area contributed by atoms with E-state index in [9.17, 15) is 14.4 Å². The Bertz CT molecular complexity index is 1440. The highest BCUT2D eigenvalue weighted by atomic mass is 16.6. The number of esters is 3. The van der Waals surface area contributed by atoms with Gasteiger partial charge in [-0.15, -0.1) is 0 Å². The summed E-state index contributed by atoms with van der Waals surface area (Å²) in [6, 6.07) is 0. The summed E-state index contributed by atoms with van der Waals surface area (Å²) in [7, 11) is 0. The number of carbonyl (C=O) groups is 3. The summed E-state index contributed by atoms with van der Waals surface area (Å²) >= 11 is 0. The Morgan fingerprint density at radius 1 is 0.300 bits per heavy atom. The predicted molar refractivity (Wildman–Crippen MR) is 302 cm³/mol. The Labute approximate surface area is 431 Å². The van der Waals surface area contributed by atoms with Gasteiger partial charge in [-0.2, -0.15) is 0 Å². The van der Waals surface area contributed by atoms with Gasteiger partial charge in [-0.1, -0.05) is 246 Å². The number of carbonyl (C=O) groups excluding carboxylic acids is 3. The topological polar surface area (TPSA) is 78.9 Å². The van der Waals surface area contributed by atoms with Gasteiger partial charge in [0.1, 0.15) is 13.2 Å². The summed E-state index contributed by atoms with van der Waals surface area (Å²) in [5, 5.41) is 0. The minimum atomic E-state index is -0.785. The highest BCUT2D eigenvalue weighted by Gasteiger charge is 2.19. The maximum atomic E-state index is 12.8. The molecule has 0 aliphatic heterocycles. The predicted octanol–water partition coefficient (Wildman–Crippen LogP) is 19.5. The molecule has 0 fully saturated rings. The Morgan fingerprint density at radius 2 is 0.557 bits per heavy atom. The van der Waals surface area contributed by atoms with E-state index in [-0.39, 0.29) is 31.1 Å². The highest BCUT2D eigenvalue weighted by molar-refractivity contribution is 5.71. The zero-order valence-corrected chi connectivity index (χ0v) is 45.5. The first kappa shape index (κ1) is 66.1. The summed E-state index contributed by atoms with van der Waals surface area (Å²) in [6.07, 6.45) is 78.4. The molecule has 0 aromatic carbocycles. The van der Waals surface area contributed by atoms with E-state index in [4.69, 9.17) is 14.2 Å². The molecule has 1 atom stereocenters. The SMILES string of the molecule is CC/C=C\C/C=C\C/C=C\C/C=C\C/C=C\C/C=C\CCCCCCCCCCCCCCC(=O)OCC(COC(=O)CCCCCCCC)OC(=O)CCCCCCC/C=C\C/C=C\C/C=C\CC. The third-order valence-electron chi connectivity index (χ3n) is 12.0. The fourth-order valence-electron chi connectivity index (χ4n) is 7.75. The van der Waals surface area contributed by atoms with Crippen molar-refractivity contribution < 1.29 is 28.6 Å². The quantitative estimate of drug-likeness (QED) is 0.0262. The molecule has 0 rings (SSSR count). The van der Waals surface area contributed by atoms with Crippen molar-refractivity contribution in [3.8, 4) is 0 Å². The van der Waals surface area contributed by atoms with E-state index in [1.165, 1.54) is 83.5 Å². The van der Waals surface area contributed by atoms with Crippen molar-refractivity contribution in [3.05, 3.63) is 109 Å². The third-order valence-corrected chi connectivity index (χ3v) is 12.0. The zero-order valence-electron chi connectivity index (χ0n) is 45.5. The molecule has 70 heavy (non-hydrogen) atoms. The molecule has 0 saturated heterocycles. The molecule has 1 unspecified atom stereocenters. The van der Waals surface area contributed by atoms with Gasteiger partial charge in [0.25, 0.3) is 0 Å². The highest BCUT2D eigenvalue weighted by Crippen LogP contribution is 2.15. The molecule has 398 valence electrons. The van der Waals surface area contributed by atoms with Crippen molar-refractivity contribution >= 4 is 17.9 Å². The molecule has 0 radical (unpaired) electrons. The van der Waals surface area contributed by atoms with Crippen molar-refractivity contribution in [2.45, 2.75) is 264 Å². The Kier molecular flexibility index (Phi) is 54.4. The molecule has 0 bridgehead atoms. The van der Waals surface area contributed by atoms with Crippen LogP contribution in [0.1, 0.15) is 258 Å². The van der Waals surface area contributed by atoms with Crippen LogP contribution in [-0.4, -0.2) is 37.2 Å². The number of rotatable bonds is 51. The second kappa shape index (κ2) is 57.6. The van der Waals surface area contributed by atoms with E-state index in [0.29, 0.717) is 19.3 Å². The molecule has 0 spiro atoms. The first-order chi connectivity index (χ1) is 34.5. The van der Waals surface area contributed by atoms with E-state index in [1.54, 1.807) is 0 Å². The van der Waals surface area contributed by atoms with Crippen LogP contribution in [-0.2, 0) is 28.6 Å². The second-order valence-corrected chi connectivity index (χ2v) is 18.8. The van der Waals surface area contributed by atoms with Crippen molar-refractivity contribution in [2.75, 3.05) is 13.2 Å². The van der Waals surface area contributed by atoms with Crippen LogP contribution in [0.5, 0.6) is 0 Å². The van der Waals surface area contributed by atoms with Crippen LogP contribution < -0.4 is 0 Å². The molecule has 0 aromatic heterocycles. The lowest BCUT2D eigenvalue weighted by Gasteiger charge is -2.18. The van der Waals surface area contributed by atoms with Crippen molar-refractivity contribution in [1.82, 2.24) is 0 Å². The molecule has 0 aromatic rings. The van der Waals surface area contributed by atoms with Gasteiger partial charge in [-0.3, -0.25) is 14.4 Å². The Balaban J connectivity index is 4.08. The molecule has 0 heterocycles. The number of hydrogen-bond donors (Lipinski definition) is 0. The third kappa shape index (κ3) is 55.0. The number of hydrogen-bond acceptors (Lipinski definition) is 6. The average Bonchev–Trinajstić information content (AvgIpc) is 3.36. The molecule has 0 N–H and O–H groups in total. The Morgan fingerprint density at radius 3 is 0.871 bits per heavy atom. The summed E-state index contributed by atoms with van der Waals surface area (Å²) in [5.74, 6) is -0.915. The summed E-state index contributed by atoms with van der Waals surface area (Å²) in [5.41, 5.74) is 0. The maximum absolute atomic E-state index is 12.8. The van der Waals surface area contributed by atoms with Crippen LogP contribution >= 0.6 is 0 Å². The van der Waals surface area contributed by atoms with Crippen LogP contribution in [0.4, 0.5) is 0 Å². The lowest BCUT2D eigenvalue weighted by molar-refractivity contribution is -0.167. The summed E-state index contributed by atoms with van der Waals surface area (Å²) in [6.45, 7) is 6.33. The Hall–Kier alpha value is -3.93.